The molecule has 0 radical (unpaired) electrons. The first-order valence-corrected chi connectivity index (χ1v) is 8.15. The average molecular weight is 315 g/mol. The fraction of sp³-hybridized carbons (Fsp3) is 0.882. The van der Waals surface area contributed by atoms with E-state index >= 15 is 0 Å². The van der Waals surface area contributed by atoms with Crippen molar-refractivity contribution in [1.82, 2.24) is 5.32 Å². The Hall–Kier alpha value is -1.10. The van der Waals surface area contributed by atoms with Crippen LogP contribution in [0.3, 0.4) is 0 Å². The smallest absolute Gasteiger partial charge is 0.307 e. The summed E-state index contributed by atoms with van der Waals surface area (Å²) in [4.78, 5) is 24.2. The highest BCUT2D eigenvalue weighted by Gasteiger charge is 2.26. The van der Waals surface area contributed by atoms with E-state index in [0.29, 0.717) is 18.9 Å². The largest absolute Gasteiger partial charge is 0.460 e. The van der Waals surface area contributed by atoms with Crippen LogP contribution >= 0.6 is 0 Å². The summed E-state index contributed by atoms with van der Waals surface area (Å²) in [6.45, 7) is 12.1. The number of hydrogen-bond donors (Lipinski definition) is 2. The van der Waals surface area contributed by atoms with Gasteiger partial charge < -0.3 is 15.2 Å². The van der Waals surface area contributed by atoms with Gasteiger partial charge >= 0.3 is 5.97 Å². The zero-order valence-corrected chi connectivity index (χ0v) is 14.9. The van der Waals surface area contributed by atoms with Crippen LogP contribution in [0.15, 0.2) is 0 Å². The second-order valence-corrected chi connectivity index (χ2v) is 7.48. The van der Waals surface area contributed by atoms with E-state index < -0.39 is 5.60 Å². The van der Waals surface area contributed by atoms with E-state index in [2.05, 4.69) is 5.32 Å². The molecular weight excluding hydrogens is 282 g/mol. The number of carbonyl (C=O) groups excluding carboxylic acids is 2. The van der Waals surface area contributed by atoms with Crippen molar-refractivity contribution in [3.05, 3.63) is 0 Å². The van der Waals surface area contributed by atoms with Crippen LogP contribution in [0.25, 0.3) is 0 Å². The van der Waals surface area contributed by atoms with Crippen molar-refractivity contribution in [2.75, 3.05) is 13.2 Å². The van der Waals surface area contributed by atoms with Crippen molar-refractivity contribution < 1.29 is 19.4 Å². The first kappa shape index (κ1) is 20.9. The van der Waals surface area contributed by atoms with Gasteiger partial charge in [0.05, 0.1) is 6.42 Å². The van der Waals surface area contributed by atoms with Gasteiger partial charge in [0.25, 0.3) is 0 Å². The zero-order valence-electron chi connectivity index (χ0n) is 14.9. The molecule has 5 heteroatoms. The number of aliphatic hydroxyl groups is 1. The molecule has 0 saturated carbocycles. The Morgan fingerprint density at radius 3 is 2.23 bits per heavy atom. The van der Waals surface area contributed by atoms with Gasteiger partial charge in [0.15, 0.2) is 0 Å². The number of ether oxygens (including phenoxy) is 1. The molecule has 2 atom stereocenters. The molecule has 1 amide bonds. The predicted molar refractivity (Wildman–Crippen MR) is 87.3 cm³/mol. The lowest BCUT2D eigenvalue weighted by Crippen LogP contribution is -2.35. The van der Waals surface area contributed by atoms with E-state index in [-0.39, 0.29) is 36.7 Å². The molecule has 0 bridgehead atoms. The number of aliphatic hydroxyl groups excluding tert-OH is 1. The average Bonchev–Trinajstić information content (AvgIpc) is 2.34. The van der Waals surface area contributed by atoms with E-state index in [0.717, 1.165) is 6.42 Å². The lowest BCUT2D eigenvalue weighted by atomic mass is 9.93. The molecule has 0 aliphatic carbocycles. The highest BCUT2D eigenvalue weighted by Crippen LogP contribution is 2.19. The lowest BCUT2D eigenvalue weighted by molar-refractivity contribution is -0.157. The summed E-state index contributed by atoms with van der Waals surface area (Å²) in [5.41, 5.74) is -0.535. The maximum absolute atomic E-state index is 12.3. The van der Waals surface area contributed by atoms with Crippen molar-refractivity contribution in [3.63, 3.8) is 0 Å². The Morgan fingerprint density at radius 2 is 1.77 bits per heavy atom. The number of hydrogen-bond acceptors (Lipinski definition) is 4. The molecule has 1 unspecified atom stereocenters. The van der Waals surface area contributed by atoms with Crippen molar-refractivity contribution in [3.8, 4) is 0 Å². The topological polar surface area (TPSA) is 75.6 Å². The molecule has 0 aromatic carbocycles. The number of nitrogens with one attached hydrogen (secondary N) is 1. The molecule has 0 fully saturated rings. The second kappa shape index (κ2) is 9.82. The Balaban J connectivity index is 4.49. The van der Waals surface area contributed by atoms with Gasteiger partial charge in [0.2, 0.25) is 5.91 Å². The lowest BCUT2D eigenvalue weighted by Gasteiger charge is -2.23. The minimum atomic E-state index is -0.535. The first-order valence-electron chi connectivity index (χ1n) is 8.15. The summed E-state index contributed by atoms with van der Waals surface area (Å²) in [6, 6.07) is 0. The predicted octanol–water partition coefficient (Wildman–Crippen LogP) is 2.52. The molecular formula is C17H33NO4. The second-order valence-electron chi connectivity index (χ2n) is 7.48. The van der Waals surface area contributed by atoms with Gasteiger partial charge in [-0.25, -0.2) is 0 Å². The van der Waals surface area contributed by atoms with Crippen molar-refractivity contribution in [1.29, 1.82) is 0 Å². The summed E-state index contributed by atoms with van der Waals surface area (Å²) in [5, 5.41) is 11.8. The van der Waals surface area contributed by atoms with Gasteiger partial charge in [-0.3, -0.25) is 9.59 Å². The number of esters is 1. The van der Waals surface area contributed by atoms with Crippen molar-refractivity contribution in [2.24, 2.45) is 17.8 Å². The Morgan fingerprint density at radius 1 is 1.18 bits per heavy atom. The highest BCUT2D eigenvalue weighted by atomic mass is 16.6. The van der Waals surface area contributed by atoms with Gasteiger partial charge in [-0.15, -0.1) is 0 Å². The van der Waals surface area contributed by atoms with Crippen LogP contribution in [0.2, 0.25) is 0 Å². The van der Waals surface area contributed by atoms with Crippen LogP contribution in [-0.4, -0.2) is 35.7 Å². The van der Waals surface area contributed by atoms with E-state index in [1.807, 2.05) is 41.5 Å². The molecule has 0 heterocycles. The van der Waals surface area contributed by atoms with Crippen molar-refractivity contribution in [2.45, 2.75) is 66.4 Å². The van der Waals surface area contributed by atoms with Crippen LogP contribution in [0.4, 0.5) is 0 Å². The Labute approximate surface area is 134 Å². The monoisotopic (exact) mass is 315 g/mol. The Kier molecular flexibility index (Phi) is 9.33. The third-order valence-electron chi connectivity index (χ3n) is 3.21. The van der Waals surface area contributed by atoms with Crippen LogP contribution in [0.1, 0.15) is 60.8 Å². The van der Waals surface area contributed by atoms with Crippen LogP contribution in [0, 0.1) is 17.8 Å². The minimum Gasteiger partial charge on any atom is -0.460 e. The minimum absolute atomic E-state index is 0.107. The molecule has 130 valence electrons. The molecule has 22 heavy (non-hydrogen) atoms. The quantitative estimate of drug-likeness (QED) is 0.641. The maximum Gasteiger partial charge on any atom is 0.307 e. The van der Waals surface area contributed by atoms with Crippen LogP contribution in [0.5, 0.6) is 0 Å². The van der Waals surface area contributed by atoms with Gasteiger partial charge in [0, 0.05) is 19.1 Å². The molecule has 0 aromatic heterocycles. The zero-order chi connectivity index (χ0) is 17.3. The van der Waals surface area contributed by atoms with Gasteiger partial charge in [-0.2, -0.15) is 0 Å². The fourth-order valence-electron chi connectivity index (χ4n) is 2.11. The molecule has 5 nitrogen and oxygen atoms in total. The number of amides is 1. The van der Waals surface area contributed by atoms with Gasteiger partial charge in [-0.1, -0.05) is 20.8 Å². The SMILES string of the molecule is CC(C)C[C@H](CC(=O)OC(C)(C)C)C(=O)NCCC(C)CO. The summed E-state index contributed by atoms with van der Waals surface area (Å²) >= 11 is 0. The molecule has 0 aliphatic heterocycles. The molecule has 2 N–H and O–H groups in total. The van der Waals surface area contributed by atoms with Gasteiger partial charge in [-0.05, 0) is 45.4 Å². The van der Waals surface area contributed by atoms with Gasteiger partial charge in [0.1, 0.15) is 5.60 Å². The highest BCUT2D eigenvalue weighted by molar-refractivity contribution is 5.83. The number of rotatable bonds is 9. The van der Waals surface area contributed by atoms with E-state index in [1.54, 1.807) is 0 Å². The molecule has 0 saturated heterocycles. The molecule has 0 rings (SSSR count). The van der Waals surface area contributed by atoms with E-state index in [1.165, 1.54) is 0 Å². The fourth-order valence-corrected chi connectivity index (χ4v) is 2.11. The first-order chi connectivity index (χ1) is 10.0. The summed E-state index contributed by atoms with van der Waals surface area (Å²) in [7, 11) is 0. The van der Waals surface area contributed by atoms with Crippen LogP contribution < -0.4 is 5.32 Å². The summed E-state index contributed by atoms with van der Waals surface area (Å²) in [5.74, 6) is -0.315. The van der Waals surface area contributed by atoms with E-state index in [4.69, 9.17) is 9.84 Å². The van der Waals surface area contributed by atoms with Crippen molar-refractivity contribution >= 4 is 11.9 Å². The summed E-state index contributed by atoms with van der Waals surface area (Å²) in [6.07, 6.45) is 1.49. The normalized spacial score (nSPS) is 14.5. The summed E-state index contributed by atoms with van der Waals surface area (Å²) < 4.78 is 5.31. The van der Waals surface area contributed by atoms with Crippen LogP contribution in [-0.2, 0) is 14.3 Å². The Bertz CT molecular complexity index is 347. The molecule has 0 aromatic rings. The standard InChI is InChI=1S/C17H33NO4/c1-12(2)9-14(10-15(20)22-17(4,5)6)16(21)18-8-7-13(3)11-19/h12-14,19H,7-11H2,1-6H3,(H,18,21)/t13?,14-/m1/s1. The van der Waals surface area contributed by atoms with E-state index in [9.17, 15) is 9.59 Å². The molecule has 0 spiro atoms. The molecule has 0 aliphatic rings. The maximum atomic E-state index is 12.3. The third-order valence-corrected chi connectivity index (χ3v) is 3.21. The third kappa shape index (κ3) is 10.6. The number of carbonyl (C=O) groups is 2.